The zero-order chi connectivity index (χ0) is 12.0. The highest BCUT2D eigenvalue weighted by Gasteiger charge is 2.10. The van der Waals surface area contributed by atoms with Crippen molar-refractivity contribution in [3.8, 4) is 0 Å². The Morgan fingerprint density at radius 2 is 1.88 bits per heavy atom. The lowest BCUT2D eigenvalue weighted by Crippen LogP contribution is -2.28. The van der Waals surface area contributed by atoms with E-state index in [0.29, 0.717) is 11.8 Å². The summed E-state index contributed by atoms with van der Waals surface area (Å²) in [7, 11) is 0. The predicted octanol–water partition coefficient (Wildman–Crippen LogP) is 2.69. The van der Waals surface area contributed by atoms with E-state index in [4.69, 9.17) is 11.6 Å². The van der Waals surface area contributed by atoms with E-state index < -0.39 is 0 Å². The summed E-state index contributed by atoms with van der Waals surface area (Å²) >= 11 is 5.81. The molecule has 0 fully saturated rings. The van der Waals surface area contributed by atoms with Gasteiger partial charge in [0.1, 0.15) is 0 Å². The van der Waals surface area contributed by atoms with Gasteiger partial charge < -0.3 is 10.4 Å². The first-order valence-electron chi connectivity index (χ1n) is 5.69. The second-order valence-electron chi connectivity index (χ2n) is 4.44. The van der Waals surface area contributed by atoms with Gasteiger partial charge in [0.25, 0.3) is 0 Å². The second-order valence-corrected chi connectivity index (χ2v) is 4.88. The summed E-state index contributed by atoms with van der Waals surface area (Å²) in [5.74, 6) is 0.829. The molecule has 0 heterocycles. The molecule has 16 heavy (non-hydrogen) atoms. The first kappa shape index (κ1) is 13.5. The molecule has 0 radical (unpaired) electrons. The van der Waals surface area contributed by atoms with E-state index >= 15 is 0 Å². The van der Waals surface area contributed by atoms with Crippen LogP contribution in [0.1, 0.15) is 19.4 Å². The van der Waals surface area contributed by atoms with E-state index in [1.807, 2.05) is 24.3 Å². The van der Waals surface area contributed by atoms with Gasteiger partial charge in [0.05, 0.1) is 0 Å². The summed E-state index contributed by atoms with van der Waals surface area (Å²) in [4.78, 5) is 0. The second kappa shape index (κ2) is 6.89. The fraction of sp³-hybridized carbons (Fsp3) is 0.538. The smallest absolute Gasteiger partial charge is 0.0473 e. The maximum absolute atomic E-state index is 9.17. The van der Waals surface area contributed by atoms with Crippen molar-refractivity contribution in [3.63, 3.8) is 0 Å². The van der Waals surface area contributed by atoms with Gasteiger partial charge in [0.15, 0.2) is 0 Å². The van der Waals surface area contributed by atoms with Gasteiger partial charge in [-0.1, -0.05) is 37.6 Å². The zero-order valence-corrected chi connectivity index (χ0v) is 10.7. The Balaban J connectivity index is 2.32. The van der Waals surface area contributed by atoms with Crippen molar-refractivity contribution in [1.29, 1.82) is 0 Å². The van der Waals surface area contributed by atoms with E-state index in [9.17, 15) is 5.11 Å². The number of rotatable bonds is 6. The summed E-state index contributed by atoms with van der Waals surface area (Å²) in [6, 6.07) is 7.81. The van der Waals surface area contributed by atoms with E-state index in [0.717, 1.165) is 18.1 Å². The molecule has 1 rings (SSSR count). The van der Waals surface area contributed by atoms with Crippen LogP contribution in [0.3, 0.4) is 0 Å². The third kappa shape index (κ3) is 4.52. The number of aliphatic hydroxyl groups excluding tert-OH is 1. The molecule has 3 heteroatoms. The molecule has 1 atom stereocenters. The van der Waals surface area contributed by atoms with Crippen LogP contribution in [0.25, 0.3) is 0 Å². The van der Waals surface area contributed by atoms with E-state index in [-0.39, 0.29) is 6.61 Å². The molecular weight excluding hydrogens is 222 g/mol. The number of halogens is 1. The molecule has 0 aliphatic heterocycles. The van der Waals surface area contributed by atoms with Crippen LogP contribution < -0.4 is 5.32 Å². The molecule has 0 bridgehead atoms. The number of nitrogens with one attached hydrogen (secondary N) is 1. The van der Waals surface area contributed by atoms with Gasteiger partial charge in [-0.25, -0.2) is 0 Å². The van der Waals surface area contributed by atoms with Gasteiger partial charge in [-0.05, 0) is 29.5 Å². The van der Waals surface area contributed by atoms with Gasteiger partial charge in [-0.15, -0.1) is 0 Å². The quantitative estimate of drug-likeness (QED) is 0.803. The molecule has 0 aromatic heterocycles. The molecule has 2 N–H and O–H groups in total. The van der Waals surface area contributed by atoms with Gasteiger partial charge in [-0.3, -0.25) is 0 Å². The van der Waals surface area contributed by atoms with Crippen LogP contribution in [0, 0.1) is 11.8 Å². The minimum absolute atomic E-state index is 0.241. The fourth-order valence-corrected chi connectivity index (χ4v) is 1.64. The molecule has 0 spiro atoms. The fourth-order valence-electron chi connectivity index (χ4n) is 1.52. The molecule has 0 aliphatic carbocycles. The first-order valence-corrected chi connectivity index (χ1v) is 6.07. The Morgan fingerprint density at radius 1 is 1.25 bits per heavy atom. The lowest BCUT2D eigenvalue weighted by Gasteiger charge is -2.18. The van der Waals surface area contributed by atoms with Crippen LogP contribution in [-0.4, -0.2) is 18.3 Å². The summed E-state index contributed by atoms with van der Waals surface area (Å²) in [6.07, 6.45) is 0. The van der Waals surface area contributed by atoms with Crippen molar-refractivity contribution in [2.24, 2.45) is 11.8 Å². The minimum Gasteiger partial charge on any atom is -0.396 e. The highest BCUT2D eigenvalue weighted by atomic mass is 35.5. The maximum Gasteiger partial charge on any atom is 0.0473 e. The summed E-state index contributed by atoms with van der Waals surface area (Å²) in [5.41, 5.74) is 1.21. The molecule has 1 unspecified atom stereocenters. The standard InChI is InChI=1S/C13H20ClNO/c1-10(2)12(9-16)8-15-7-11-3-5-13(14)6-4-11/h3-6,10,12,15-16H,7-9H2,1-2H3. The molecular formula is C13H20ClNO. The van der Waals surface area contributed by atoms with Crippen LogP contribution in [0.4, 0.5) is 0 Å². The lowest BCUT2D eigenvalue weighted by molar-refractivity contribution is 0.186. The topological polar surface area (TPSA) is 32.3 Å². The minimum atomic E-state index is 0.241. The number of benzene rings is 1. The van der Waals surface area contributed by atoms with Crippen LogP contribution >= 0.6 is 11.6 Å². The molecule has 0 aliphatic rings. The number of aliphatic hydroxyl groups is 1. The van der Waals surface area contributed by atoms with Crippen LogP contribution in [0.15, 0.2) is 24.3 Å². The average molecular weight is 242 g/mol. The Bertz CT molecular complexity index is 297. The monoisotopic (exact) mass is 241 g/mol. The Morgan fingerprint density at radius 3 is 2.38 bits per heavy atom. The van der Waals surface area contributed by atoms with Gasteiger partial charge in [-0.2, -0.15) is 0 Å². The molecule has 0 saturated heterocycles. The normalized spacial score (nSPS) is 13.1. The summed E-state index contributed by atoms with van der Waals surface area (Å²) in [6.45, 7) is 6.16. The third-order valence-electron chi connectivity index (χ3n) is 2.83. The first-order chi connectivity index (χ1) is 7.63. The molecule has 90 valence electrons. The number of hydrogen-bond acceptors (Lipinski definition) is 2. The third-order valence-corrected chi connectivity index (χ3v) is 3.08. The summed E-state index contributed by atoms with van der Waals surface area (Å²) < 4.78 is 0. The van der Waals surface area contributed by atoms with Crippen LogP contribution in [-0.2, 0) is 6.54 Å². The van der Waals surface area contributed by atoms with E-state index in [1.54, 1.807) is 0 Å². The summed E-state index contributed by atoms with van der Waals surface area (Å²) in [5, 5.41) is 13.3. The Hall–Kier alpha value is -0.570. The van der Waals surface area contributed by atoms with Crippen LogP contribution in [0.5, 0.6) is 0 Å². The van der Waals surface area contributed by atoms with Crippen molar-refractivity contribution < 1.29 is 5.11 Å². The van der Waals surface area contributed by atoms with Gasteiger partial charge in [0, 0.05) is 24.7 Å². The highest BCUT2D eigenvalue weighted by molar-refractivity contribution is 6.30. The molecule has 0 amide bonds. The Kier molecular flexibility index (Phi) is 5.81. The molecule has 1 aromatic carbocycles. The molecule has 1 aromatic rings. The highest BCUT2D eigenvalue weighted by Crippen LogP contribution is 2.11. The maximum atomic E-state index is 9.17. The van der Waals surface area contributed by atoms with Crippen molar-refractivity contribution in [2.75, 3.05) is 13.2 Å². The number of hydrogen-bond donors (Lipinski definition) is 2. The zero-order valence-electron chi connectivity index (χ0n) is 9.91. The van der Waals surface area contributed by atoms with Crippen molar-refractivity contribution in [2.45, 2.75) is 20.4 Å². The van der Waals surface area contributed by atoms with Crippen LogP contribution in [0.2, 0.25) is 5.02 Å². The largest absolute Gasteiger partial charge is 0.396 e. The van der Waals surface area contributed by atoms with E-state index in [2.05, 4.69) is 19.2 Å². The molecule has 2 nitrogen and oxygen atoms in total. The van der Waals surface area contributed by atoms with Crippen molar-refractivity contribution >= 4 is 11.6 Å². The van der Waals surface area contributed by atoms with Gasteiger partial charge >= 0.3 is 0 Å². The lowest BCUT2D eigenvalue weighted by atomic mass is 9.97. The average Bonchev–Trinajstić information content (AvgIpc) is 2.26. The molecule has 0 saturated carbocycles. The van der Waals surface area contributed by atoms with E-state index in [1.165, 1.54) is 5.56 Å². The van der Waals surface area contributed by atoms with Crippen molar-refractivity contribution in [3.05, 3.63) is 34.9 Å². The SMILES string of the molecule is CC(C)C(CO)CNCc1ccc(Cl)cc1. The predicted molar refractivity (Wildman–Crippen MR) is 68.6 cm³/mol. The van der Waals surface area contributed by atoms with Gasteiger partial charge in [0.2, 0.25) is 0 Å². The Labute approximate surface area is 103 Å². The van der Waals surface area contributed by atoms with Crippen molar-refractivity contribution in [1.82, 2.24) is 5.32 Å².